The van der Waals surface area contributed by atoms with E-state index in [-0.39, 0.29) is 5.78 Å². The first-order valence-electron chi connectivity index (χ1n) is 4.26. The van der Waals surface area contributed by atoms with Gasteiger partial charge in [-0.25, -0.2) is 0 Å². The summed E-state index contributed by atoms with van der Waals surface area (Å²) in [5.41, 5.74) is 1.81. The summed E-state index contributed by atoms with van der Waals surface area (Å²) < 4.78 is 0. The monoisotopic (exact) mass is 172 g/mol. The van der Waals surface area contributed by atoms with E-state index in [9.17, 15) is 4.79 Å². The zero-order valence-electron chi connectivity index (χ0n) is 7.87. The maximum Gasteiger partial charge on any atom is 0.235 e. The van der Waals surface area contributed by atoms with Gasteiger partial charge in [0.1, 0.15) is 0 Å². The van der Waals surface area contributed by atoms with Crippen LogP contribution in [0.2, 0.25) is 0 Å². The van der Waals surface area contributed by atoms with Crippen molar-refractivity contribution in [2.45, 2.75) is 19.8 Å². The van der Waals surface area contributed by atoms with Crippen molar-refractivity contribution in [3.8, 4) is 12.3 Å². The van der Waals surface area contributed by atoms with Crippen molar-refractivity contribution in [1.29, 1.82) is 0 Å². The van der Waals surface area contributed by atoms with Crippen molar-refractivity contribution in [3.63, 3.8) is 0 Å². The molecule has 0 unspecified atom stereocenters. The van der Waals surface area contributed by atoms with Crippen LogP contribution in [0, 0.1) is 12.3 Å². The van der Waals surface area contributed by atoms with Crippen molar-refractivity contribution in [1.82, 2.24) is 0 Å². The average Bonchev–Trinajstić information content (AvgIpc) is 2.17. The smallest absolute Gasteiger partial charge is 0.235 e. The maximum absolute atomic E-state index is 11.1. The van der Waals surface area contributed by atoms with Crippen molar-refractivity contribution >= 4 is 5.78 Å². The van der Waals surface area contributed by atoms with Crippen LogP contribution in [0.15, 0.2) is 24.3 Å². The van der Waals surface area contributed by atoms with Crippen molar-refractivity contribution < 1.29 is 4.79 Å². The van der Waals surface area contributed by atoms with E-state index in [1.54, 1.807) is 12.1 Å². The van der Waals surface area contributed by atoms with Gasteiger partial charge in [0.05, 0.1) is 0 Å². The Morgan fingerprint density at radius 3 is 2.23 bits per heavy atom. The van der Waals surface area contributed by atoms with Gasteiger partial charge < -0.3 is 0 Å². The Labute approximate surface area is 78.8 Å². The van der Waals surface area contributed by atoms with Crippen LogP contribution in [0.1, 0.15) is 35.7 Å². The van der Waals surface area contributed by atoms with Gasteiger partial charge in [0, 0.05) is 5.56 Å². The molecule has 0 spiro atoms. The summed E-state index contributed by atoms with van der Waals surface area (Å²) in [6.07, 6.45) is 5.00. The van der Waals surface area contributed by atoms with Gasteiger partial charge in [-0.1, -0.05) is 38.1 Å². The first-order valence-corrected chi connectivity index (χ1v) is 4.26. The lowest BCUT2D eigenvalue weighted by molar-refractivity contribution is 0.105. The molecule has 1 heteroatoms. The molecule has 13 heavy (non-hydrogen) atoms. The van der Waals surface area contributed by atoms with E-state index in [4.69, 9.17) is 6.42 Å². The number of benzene rings is 1. The zero-order chi connectivity index (χ0) is 9.84. The largest absolute Gasteiger partial charge is 0.279 e. The molecule has 0 heterocycles. The molecule has 0 bridgehead atoms. The van der Waals surface area contributed by atoms with Crippen LogP contribution in [0.5, 0.6) is 0 Å². The van der Waals surface area contributed by atoms with Crippen LogP contribution in [0.4, 0.5) is 0 Å². The average molecular weight is 172 g/mol. The van der Waals surface area contributed by atoms with E-state index >= 15 is 0 Å². The number of terminal acetylenes is 1. The normalized spacial score (nSPS) is 9.69. The molecule has 0 atom stereocenters. The second kappa shape index (κ2) is 3.91. The van der Waals surface area contributed by atoms with Gasteiger partial charge in [-0.2, -0.15) is 0 Å². The lowest BCUT2D eigenvalue weighted by Crippen LogP contribution is -1.95. The molecule has 0 aromatic heterocycles. The predicted octanol–water partition coefficient (Wildman–Crippen LogP) is 2.63. The Morgan fingerprint density at radius 1 is 1.31 bits per heavy atom. The van der Waals surface area contributed by atoms with E-state index in [2.05, 4.69) is 19.8 Å². The number of carbonyl (C=O) groups is 1. The number of hydrogen-bond donors (Lipinski definition) is 0. The molecule has 1 rings (SSSR count). The van der Waals surface area contributed by atoms with Crippen LogP contribution in [0.3, 0.4) is 0 Å². The Bertz CT molecular complexity index is 338. The van der Waals surface area contributed by atoms with Crippen molar-refractivity contribution in [3.05, 3.63) is 35.4 Å². The molecule has 1 aromatic rings. The Hall–Kier alpha value is -1.55. The van der Waals surface area contributed by atoms with Crippen LogP contribution in [0.25, 0.3) is 0 Å². The predicted molar refractivity (Wildman–Crippen MR) is 53.7 cm³/mol. The van der Waals surface area contributed by atoms with Crippen LogP contribution >= 0.6 is 0 Å². The highest BCUT2D eigenvalue weighted by Gasteiger charge is 2.02. The Kier molecular flexibility index (Phi) is 2.87. The van der Waals surface area contributed by atoms with E-state index in [1.165, 1.54) is 5.56 Å². The number of hydrogen-bond acceptors (Lipinski definition) is 1. The Morgan fingerprint density at radius 2 is 1.85 bits per heavy atom. The van der Waals surface area contributed by atoms with Gasteiger partial charge in [-0.05, 0) is 17.4 Å². The number of carbonyl (C=O) groups excluding carboxylic acids is 1. The summed E-state index contributed by atoms with van der Waals surface area (Å²) >= 11 is 0. The highest BCUT2D eigenvalue weighted by Crippen LogP contribution is 2.14. The third kappa shape index (κ3) is 2.19. The fourth-order valence-corrected chi connectivity index (χ4v) is 1.10. The summed E-state index contributed by atoms with van der Waals surface area (Å²) in [5.74, 6) is 2.32. The first kappa shape index (κ1) is 9.54. The third-order valence-electron chi connectivity index (χ3n) is 1.97. The quantitative estimate of drug-likeness (QED) is 0.381. The Balaban J connectivity index is 2.95. The van der Waals surface area contributed by atoms with Gasteiger partial charge in [0.2, 0.25) is 5.78 Å². The molecular formula is C12H12O. The van der Waals surface area contributed by atoms with Crippen LogP contribution in [-0.2, 0) is 0 Å². The molecule has 0 amide bonds. The van der Waals surface area contributed by atoms with Gasteiger partial charge in [-0.15, -0.1) is 6.42 Å². The number of rotatable bonds is 2. The molecule has 0 radical (unpaired) electrons. The topological polar surface area (TPSA) is 17.1 Å². The molecule has 0 aliphatic heterocycles. The van der Waals surface area contributed by atoms with Gasteiger partial charge in [-0.3, -0.25) is 4.79 Å². The molecular weight excluding hydrogens is 160 g/mol. The molecule has 0 aliphatic rings. The molecule has 0 N–H and O–H groups in total. The number of ketones is 1. The summed E-state index contributed by atoms with van der Waals surface area (Å²) in [6.45, 7) is 4.22. The molecule has 1 aromatic carbocycles. The van der Waals surface area contributed by atoms with E-state index in [1.807, 2.05) is 12.1 Å². The molecule has 0 saturated heterocycles. The minimum atomic E-state index is -0.254. The lowest BCUT2D eigenvalue weighted by atomic mass is 10.0. The maximum atomic E-state index is 11.1. The van der Waals surface area contributed by atoms with Crippen molar-refractivity contribution in [2.24, 2.45) is 0 Å². The highest BCUT2D eigenvalue weighted by atomic mass is 16.1. The second-order valence-corrected chi connectivity index (χ2v) is 3.25. The van der Waals surface area contributed by atoms with E-state index < -0.39 is 0 Å². The second-order valence-electron chi connectivity index (χ2n) is 3.25. The SMILES string of the molecule is C#CC(=O)c1ccc(C(C)C)cc1. The fourth-order valence-electron chi connectivity index (χ4n) is 1.10. The molecule has 66 valence electrons. The minimum absolute atomic E-state index is 0.254. The van der Waals surface area contributed by atoms with Gasteiger partial charge >= 0.3 is 0 Å². The summed E-state index contributed by atoms with van der Waals surface area (Å²) in [4.78, 5) is 11.1. The summed E-state index contributed by atoms with van der Waals surface area (Å²) in [6, 6.07) is 7.43. The highest BCUT2D eigenvalue weighted by molar-refractivity contribution is 6.08. The van der Waals surface area contributed by atoms with Crippen LogP contribution < -0.4 is 0 Å². The van der Waals surface area contributed by atoms with Gasteiger partial charge in [0.25, 0.3) is 0 Å². The van der Waals surface area contributed by atoms with Gasteiger partial charge in [0.15, 0.2) is 0 Å². The minimum Gasteiger partial charge on any atom is -0.279 e. The standard InChI is InChI=1S/C12H12O/c1-4-12(13)11-7-5-10(6-8-11)9(2)3/h1,5-9H,2-3H3. The first-order chi connectivity index (χ1) is 6.15. The molecule has 0 saturated carbocycles. The summed E-state index contributed by atoms with van der Waals surface area (Å²) in [7, 11) is 0. The number of Topliss-reactive ketones (excluding diaryl/α,β-unsaturated/α-hetero) is 1. The van der Waals surface area contributed by atoms with Crippen molar-refractivity contribution in [2.75, 3.05) is 0 Å². The molecule has 0 aliphatic carbocycles. The van der Waals surface area contributed by atoms with E-state index in [0.29, 0.717) is 11.5 Å². The molecule has 1 nitrogen and oxygen atoms in total. The molecule has 0 fully saturated rings. The lowest BCUT2D eigenvalue weighted by Gasteiger charge is -2.04. The fraction of sp³-hybridized carbons (Fsp3) is 0.250. The van der Waals surface area contributed by atoms with Crippen LogP contribution in [-0.4, -0.2) is 5.78 Å². The zero-order valence-corrected chi connectivity index (χ0v) is 7.87. The summed E-state index contributed by atoms with van der Waals surface area (Å²) in [5, 5.41) is 0. The van der Waals surface area contributed by atoms with E-state index in [0.717, 1.165) is 0 Å². The third-order valence-corrected chi connectivity index (χ3v) is 1.97.